The zero-order valence-electron chi connectivity index (χ0n) is 12.4. The predicted molar refractivity (Wildman–Crippen MR) is 85.7 cm³/mol. The fourth-order valence-corrected chi connectivity index (χ4v) is 2.94. The molecule has 6 nitrogen and oxygen atoms in total. The highest BCUT2D eigenvalue weighted by Gasteiger charge is 2.20. The molecule has 0 radical (unpaired) electrons. The molecule has 4 rings (SSSR count). The van der Waals surface area contributed by atoms with Gasteiger partial charge in [0.15, 0.2) is 0 Å². The van der Waals surface area contributed by atoms with Gasteiger partial charge in [-0.1, -0.05) is 6.07 Å². The van der Waals surface area contributed by atoms with Crippen LogP contribution in [0.2, 0.25) is 0 Å². The van der Waals surface area contributed by atoms with E-state index in [1.54, 1.807) is 12.4 Å². The summed E-state index contributed by atoms with van der Waals surface area (Å²) in [5.74, 6) is 0.810. The summed E-state index contributed by atoms with van der Waals surface area (Å²) < 4.78 is 2.02. The first-order valence-electron chi connectivity index (χ1n) is 7.54. The van der Waals surface area contributed by atoms with Crippen molar-refractivity contribution in [2.24, 2.45) is 0 Å². The van der Waals surface area contributed by atoms with Crippen LogP contribution in [-0.2, 0) is 0 Å². The fourth-order valence-electron chi connectivity index (χ4n) is 2.94. The second kappa shape index (κ2) is 5.38. The number of hydrogen-bond donors (Lipinski definition) is 2. The zero-order valence-corrected chi connectivity index (χ0v) is 12.4. The molecule has 0 saturated carbocycles. The number of fused-ring (bicyclic) bond motifs is 1. The molecule has 3 aromatic rings. The Labute approximate surface area is 128 Å². The van der Waals surface area contributed by atoms with E-state index in [4.69, 9.17) is 4.98 Å². The summed E-state index contributed by atoms with van der Waals surface area (Å²) in [5.41, 5.74) is 2.68. The van der Waals surface area contributed by atoms with Crippen LogP contribution in [0.25, 0.3) is 17.0 Å². The third-order valence-electron chi connectivity index (χ3n) is 4.02. The average molecular weight is 294 g/mol. The molecule has 0 unspecified atom stereocenters. The molecule has 22 heavy (non-hydrogen) atoms. The molecule has 2 atom stereocenters. The van der Waals surface area contributed by atoms with Crippen LogP contribution in [0.5, 0.6) is 0 Å². The number of pyridine rings is 1. The maximum absolute atomic E-state index is 4.69. The van der Waals surface area contributed by atoms with Crippen molar-refractivity contribution in [2.75, 3.05) is 11.9 Å². The molecule has 6 heteroatoms. The number of anilines is 1. The van der Waals surface area contributed by atoms with Gasteiger partial charge in [-0.05, 0) is 25.5 Å². The standard InChI is InChI=1S/C16H18N6/c1-11-6-12(7-18-11)20-15-10-17-8-13(21-15)14-9-19-16-4-2-3-5-22(14)16/h2-5,8-12,18H,6-7H2,1H3,(H,20,21)/t11-,12-/m1/s1. The van der Waals surface area contributed by atoms with Crippen LogP contribution in [0.1, 0.15) is 13.3 Å². The Bertz CT molecular complexity index is 796. The van der Waals surface area contributed by atoms with Gasteiger partial charge in [-0.15, -0.1) is 0 Å². The summed E-state index contributed by atoms with van der Waals surface area (Å²) in [6.07, 6.45) is 8.47. The van der Waals surface area contributed by atoms with Crippen LogP contribution in [0.15, 0.2) is 43.0 Å². The Morgan fingerprint density at radius 3 is 3.09 bits per heavy atom. The van der Waals surface area contributed by atoms with Gasteiger partial charge in [0.2, 0.25) is 0 Å². The molecule has 112 valence electrons. The average Bonchev–Trinajstić information content (AvgIpc) is 3.14. The van der Waals surface area contributed by atoms with Gasteiger partial charge in [0.05, 0.1) is 24.3 Å². The molecule has 1 saturated heterocycles. The van der Waals surface area contributed by atoms with E-state index in [0.29, 0.717) is 12.1 Å². The summed E-state index contributed by atoms with van der Waals surface area (Å²) in [6, 6.07) is 6.89. The van der Waals surface area contributed by atoms with Gasteiger partial charge in [0.1, 0.15) is 17.2 Å². The molecule has 0 aliphatic carbocycles. The van der Waals surface area contributed by atoms with Gasteiger partial charge < -0.3 is 10.6 Å². The molecule has 0 aromatic carbocycles. The highest BCUT2D eigenvalue weighted by Crippen LogP contribution is 2.20. The first-order valence-corrected chi connectivity index (χ1v) is 7.54. The van der Waals surface area contributed by atoms with E-state index in [-0.39, 0.29) is 0 Å². The maximum atomic E-state index is 4.69. The molecule has 0 spiro atoms. The quantitative estimate of drug-likeness (QED) is 0.773. The minimum absolute atomic E-state index is 0.404. The van der Waals surface area contributed by atoms with Gasteiger partial charge in [-0.25, -0.2) is 9.97 Å². The lowest BCUT2D eigenvalue weighted by Gasteiger charge is -2.12. The Morgan fingerprint density at radius 2 is 2.23 bits per heavy atom. The first kappa shape index (κ1) is 13.2. The lowest BCUT2D eigenvalue weighted by atomic mass is 10.2. The molecule has 1 aliphatic rings. The maximum Gasteiger partial charge on any atom is 0.145 e. The highest BCUT2D eigenvalue weighted by atomic mass is 15.1. The SMILES string of the molecule is C[C@@H]1C[C@@H](Nc2cncc(-c3cnc4ccccn34)n2)CN1. The van der Waals surface area contributed by atoms with Crippen molar-refractivity contribution in [2.45, 2.75) is 25.4 Å². The van der Waals surface area contributed by atoms with Crippen LogP contribution >= 0.6 is 0 Å². The van der Waals surface area contributed by atoms with Crippen molar-refractivity contribution in [1.29, 1.82) is 0 Å². The third-order valence-corrected chi connectivity index (χ3v) is 4.02. The van der Waals surface area contributed by atoms with Crippen LogP contribution in [0.4, 0.5) is 5.82 Å². The monoisotopic (exact) mass is 294 g/mol. The highest BCUT2D eigenvalue weighted by molar-refractivity contribution is 5.60. The zero-order chi connectivity index (χ0) is 14.9. The second-order valence-electron chi connectivity index (χ2n) is 5.75. The van der Waals surface area contributed by atoms with Crippen LogP contribution in [0.3, 0.4) is 0 Å². The Hall–Kier alpha value is -2.47. The van der Waals surface area contributed by atoms with E-state index >= 15 is 0 Å². The van der Waals surface area contributed by atoms with E-state index in [1.165, 1.54) is 0 Å². The number of aromatic nitrogens is 4. The van der Waals surface area contributed by atoms with E-state index in [1.807, 2.05) is 35.0 Å². The summed E-state index contributed by atoms with van der Waals surface area (Å²) in [4.78, 5) is 13.4. The van der Waals surface area contributed by atoms with Crippen molar-refractivity contribution in [3.63, 3.8) is 0 Å². The van der Waals surface area contributed by atoms with Crippen LogP contribution in [0, 0.1) is 0 Å². The first-order chi connectivity index (χ1) is 10.8. The summed E-state index contributed by atoms with van der Waals surface area (Å²) >= 11 is 0. The molecule has 1 aliphatic heterocycles. The minimum atomic E-state index is 0.404. The lowest BCUT2D eigenvalue weighted by Crippen LogP contribution is -2.23. The van der Waals surface area contributed by atoms with E-state index in [9.17, 15) is 0 Å². The predicted octanol–water partition coefficient (Wildman–Crippen LogP) is 1.95. The smallest absolute Gasteiger partial charge is 0.145 e. The second-order valence-corrected chi connectivity index (χ2v) is 5.75. The molecule has 2 N–H and O–H groups in total. The molecule has 4 heterocycles. The Balaban J connectivity index is 1.64. The van der Waals surface area contributed by atoms with Crippen LogP contribution in [-0.4, -0.2) is 38.0 Å². The van der Waals surface area contributed by atoms with Crippen molar-refractivity contribution in [3.05, 3.63) is 43.0 Å². The van der Waals surface area contributed by atoms with E-state index < -0.39 is 0 Å². The normalized spacial score (nSPS) is 21.3. The summed E-state index contributed by atoms with van der Waals surface area (Å²) in [5, 5.41) is 6.89. The number of nitrogens with one attached hydrogen (secondary N) is 2. The fraction of sp³-hybridized carbons (Fsp3) is 0.312. The van der Waals surface area contributed by atoms with E-state index in [2.05, 4.69) is 27.5 Å². The van der Waals surface area contributed by atoms with Crippen LogP contribution < -0.4 is 10.6 Å². The third kappa shape index (κ3) is 2.42. The van der Waals surface area contributed by atoms with Crippen molar-refractivity contribution in [1.82, 2.24) is 24.7 Å². The lowest BCUT2D eigenvalue weighted by molar-refractivity contribution is 0.661. The minimum Gasteiger partial charge on any atom is -0.365 e. The van der Waals surface area contributed by atoms with Gasteiger partial charge in [-0.3, -0.25) is 9.38 Å². The molecule has 0 bridgehead atoms. The summed E-state index contributed by atoms with van der Waals surface area (Å²) in [6.45, 7) is 3.16. The van der Waals surface area contributed by atoms with Gasteiger partial charge in [0, 0.05) is 24.8 Å². The van der Waals surface area contributed by atoms with Crippen molar-refractivity contribution < 1.29 is 0 Å². The van der Waals surface area contributed by atoms with Gasteiger partial charge in [-0.2, -0.15) is 0 Å². The number of imidazole rings is 1. The summed E-state index contributed by atoms with van der Waals surface area (Å²) in [7, 11) is 0. The number of hydrogen-bond acceptors (Lipinski definition) is 5. The Kier molecular flexibility index (Phi) is 3.23. The topological polar surface area (TPSA) is 67.1 Å². The van der Waals surface area contributed by atoms with E-state index in [0.717, 1.165) is 35.8 Å². The Morgan fingerprint density at radius 1 is 1.27 bits per heavy atom. The molecule has 0 amide bonds. The van der Waals surface area contributed by atoms with Gasteiger partial charge in [0.25, 0.3) is 0 Å². The molecule has 1 fully saturated rings. The molecular formula is C16H18N6. The number of rotatable bonds is 3. The molecule has 3 aromatic heterocycles. The van der Waals surface area contributed by atoms with Gasteiger partial charge >= 0.3 is 0 Å². The molecular weight excluding hydrogens is 276 g/mol. The van der Waals surface area contributed by atoms with Crippen molar-refractivity contribution >= 4 is 11.5 Å². The van der Waals surface area contributed by atoms with Crippen molar-refractivity contribution in [3.8, 4) is 11.4 Å². The number of nitrogens with zero attached hydrogens (tertiary/aromatic N) is 4. The largest absolute Gasteiger partial charge is 0.365 e.